The zero-order valence-electron chi connectivity index (χ0n) is 19.7. The van der Waals surface area contributed by atoms with Gasteiger partial charge in [0.15, 0.2) is 0 Å². The van der Waals surface area contributed by atoms with Gasteiger partial charge in [0.25, 0.3) is 10.1 Å². The SMILES string of the molecule is CCCCOc1cc(C#Cc2ccccc2)c(COCCS(=O)(=O)O)cc1C#Cc1ccccc1. The van der Waals surface area contributed by atoms with Crippen LogP contribution in [0.4, 0.5) is 0 Å². The van der Waals surface area contributed by atoms with Crippen molar-refractivity contribution in [1.29, 1.82) is 0 Å². The van der Waals surface area contributed by atoms with Gasteiger partial charge in [-0.15, -0.1) is 0 Å². The summed E-state index contributed by atoms with van der Waals surface area (Å²) in [6.45, 7) is 2.64. The van der Waals surface area contributed by atoms with Crippen molar-refractivity contribution in [1.82, 2.24) is 0 Å². The van der Waals surface area contributed by atoms with Crippen LogP contribution in [-0.2, 0) is 21.5 Å². The topological polar surface area (TPSA) is 72.8 Å². The van der Waals surface area contributed by atoms with E-state index < -0.39 is 15.9 Å². The zero-order chi connectivity index (χ0) is 24.9. The molecule has 0 unspecified atom stereocenters. The Morgan fingerprint density at radius 3 is 1.97 bits per heavy atom. The van der Waals surface area contributed by atoms with Crippen LogP contribution in [0.15, 0.2) is 72.8 Å². The van der Waals surface area contributed by atoms with Gasteiger partial charge in [-0.2, -0.15) is 8.42 Å². The van der Waals surface area contributed by atoms with E-state index in [-0.39, 0.29) is 13.2 Å². The van der Waals surface area contributed by atoms with Crippen molar-refractivity contribution in [2.24, 2.45) is 0 Å². The van der Waals surface area contributed by atoms with Crippen molar-refractivity contribution >= 4 is 10.1 Å². The fourth-order valence-corrected chi connectivity index (χ4v) is 3.40. The highest BCUT2D eigenvalue weighted by Crippen LogP contribution is 2.25. The summed E-state index contributed by atoms with van der Waals surface area (Å²) in [4.78, 5) is 0. The predicted molar refractivity (Wildman–Crippen MR) is 138 cm³/mol. The molecule has 0 fully saturated rings. The van der Waals surface area contributed by atoms with Crippen molar-refractivity contribution < 1.29 is 22.4 Å². The quantitative estimate of drug-likeness (QED) is 0.259. The van der Waals surface area contributed by atoms with Gasteiger partial charge in [0.05, 0.1) is 31.1 Å². The lowest BCUT2D eigenvalue weighted by molar-refractivity contribution is 0.134. The minimum atomic E-state index is -4.10. The highest BCUT2D eigenvalue weighted by Gasteiger charge is 2.11. The molecule has 0 spiro atoms. The Labute approximate surface area is 207 Å². The lowest BCUT2D eigenvalue weighted by Crippen LogP contribution is -2.11. The second kappa shape index (κ2) is 13.4. The van der Waals surface area contributed by atoms with Crippen molar-refractivity contribution in [2.45, 2.75) is 26.4 Å². The van der Waals surface area contributed by atoms with Crippen molar-refractivity contribution in [3.63, 3.8) is 0 Å². The molecule has 3 aromatic carbocycles. The Morgan fingerprint density at radius 2 is 1.40 bits per heavy atom. The maximum atomic E-state index is 11.0. The fourth-order valence-electron chi connectivity index (χ4n) is 3.07. The molecule has 3 rings (SSSR count). The van der Waals surface area contributed by atoms with E-state index >= 15 is 0 Å². The summed E-state index contributed by atoms with van der Waals surface area (Å²) in [5, 5.41) is 0. The summed E-state index contributed by atoms with van der Waals surface area (Å²) >= 11 is 0. The number of rotatable bonds is 9. The molecular formula is C29H28O5S. The van der Waals surface area contributed by atoms with E-state index in [1.54, 1.807) is 0 Å². The number of ether oxygens (including phenoxy) is 2. The van der Waals surface area contributed by atoms with E-state index in [4.69, 9.17) is 14.0 Å². The highest BCUT2D eigenvalue weighted by molar-refractivity contribution is 7.85. The standard InChI is InChI=1S/C29H28O5S/c1-2-3-18-34-29-22-26(16-14-24-10-6-4-7-11-24)28(23-33-19-20-35(30,31)32)21-27(29)17-15-25-12-8-5-9-13-25/h4-13,21-22H,2-3,18-20,23H2,1H3,(H,30,31,32). The van der Waals surface area contributed by atoms with E-state index in [1.165, 1.54) is 0 Å². The average molecular weight is 489 g/mol. The lowest BCUT2D eigenvalue weighted by Gasteiger charge is -2.13. The molecule has 0 bridgehead atoms. The van der Waals surface area contributed by atoms with Gasteiger partial charge in [-0.3, -0.25) is 4.55 Å². The molecule has 0 amide bonds. The maximum Gasteiger partial charge on any atom is 0.267 e. The van der Waals surface area contributed by atoms with Crippen LogP contribution in [-0.4, -0.2) is 31.9 Å². The fraction of sp³-hybridized carbons (Fsp3) is 0.241. The molecule has 0 aromatic heterocycles. The van der Waals surface area contributed by atoms with Gasteiger partial charge in [0, 0.05) is 16.7 Å². The van der Waals surface area contributed by atoms with E-state index in [1.807, 2.05) is 72.8 Å². The third-order valence-corrected chi connectivity index (χ3v) is 5.62. The Bertz CT molecular complexity index is 1330. The summed E-state index contributed by atoms with van der Waals surface area (Å²) in [6.07, 6.45) is 1.92. The Balaban J connectivity index is 1.98. The monoisotopic (exact) mass is 488 g/mol. The summed E-state index contributed by atoms with van der Waals surface area (Å²) < 4.78 is 42.6. The predicted octanol–water partition coefficient (Wildman–Crippen LogP) is 5.07. The van der Waals surface area contributed by atoms with Crippen LogP contribution in [0.1, 0.15) is 47.6 Å². The molecule has 0 radical (unpaired) electrons. The van der Waals surface area contributed by atoms with Crippen LogP contribution < -0.4 is 4.74 Å². The third-order valence-electron chi connectivity index (χ3n) is 4.93. The first-order valence-electron chi connectivity index (χ1n) is 11.4. The van der Waals surface area contributed by atoms with Crippen LogP contribution >= 0.6 is 0 Å². The van der Waals surface area contributed by atoms with Gasteiger partial charge in [-0.1, -0.05) is 73.4 Å². The molecule has 0 saturated heterocycles. The molecule has 180 valence electrons. The first kappa shape index (κ1) is 26.1. The summed E-state index contributed by atoms with van der Waals surface area (Å²) in [5.41, 5.74) is 3.91. The molecule has 35 heavy (non-hydrogen) atoms. The Morgan fingerprint density at radius 1 is 0.800 bits per heavy atom. The molecule has 0 saturated carbocycles. The summed E-state index contributed by atoms with van der Waals surface area (Å²) in [7, 11) is -4.10. The molecule has 6 heteroatoms. The minimum Gasteiger partial charge on any atom is -0.492 e. The number of benzene rings is 3. The third kappa shape index (κ3) is 9.31. The van der Waals surface area contributed by atoms with Crippen molar-refractivity contribution in [3.8, 4) is 29.4 Å². The maximum absolute atomic E-state index is 11.0. The second-order valence-electron chi connectivity index (χ2n) is 7.78. The Hall–Kier alpha value is -3.55. The van der Waals surface area contributed by atoms with Crippen molar-refractivity contribution in [3.05, 3.63) is 101 Å². The van der Waals surface area contributed by atoms with Gasteiger partial charge >= 0.3 is 0 Å². The zero-order valence-corrected chi connectivity index (χ0v) is 20.5. The molecule has 1 N–H and O–H groups in total. The summed E-state index contributed by atoms with van der Waals surface area (Å²) in [5.74, 6) is 12.9. The molecule has 3 aromatic rings. The van der Waals surface area contributed by atoms with E-state index in [9.17, 15) is 8.42 Å². The van der Waals surface area contributed by atoms with Crippen LogP contribution in [0.25, 0.3) is 0 Å². The number of unbranched alkanes of at least 4 members (excludes halogenated alkanes) is 1. The smallest absolute Gasteiger partial charge is 0.267 e. The second-order valence-corrected chi connectivity index (χ2v) is 9.35. The van der Waals surface area contributed by atoms with E-state index in [0.29, 0.717) is 23.5 Å². The molecule has 5 nitrogen and oxygen atoms in total. The van der Waals surface area contributed by atoms with Gasteiger partial charge < -0.3 is 9.47 Å². The molecule has 0 heterocycles. The van der Waals surface area contributed by atoms with E-state index in [2.05, 4.69) is 30.6 Å². The number of hydrogen-bond acceptors (Lipinski definition) is 4. The van der Waals surface area contributed by atoms with Crippen LogP contribution in [0.3, 0.4) is 0 Å². The Kier molecular flexibility index (Phi) is 9.95. The first-order valence-corrected chi connectivity index (χ1v) is 13.0. The molecule has 0 atom stereocenters. The highest BCUT2D eigenvalue weighted by atomic mass is 32.2. The van der Waals surface area contributed by atoms with Gasteiger partial charge in [-0.05, 0) is 48.4 Å². The largest absolute Gasteiger partial charge is 0.492 e. The van der Waals surface area contributed by atoms with Crippen LogP contribution in [0.2, 0.25) is 0 Å². The lowest BCUT2D eigenvalue weighted by atomic mass is 10.0. The number of hydrogen-bond donors (Lipinski definition) is 1. The summed E-state index contributed by atoms with van der Waals surface area (Å²) in [6, 6.07) is 23.0. The molecule has 0 aliphatic heterocycles. The normalized spacial score (nSPS) is 10.6. The first-order chi connectivity index (χ1) is 16.9. The van der Waals surface area contributed by atoms with Gasteiger partial charge in [0.1, 0.15) is 5.75 Å². The minimum absolute atomic E-state index is 0.115. The molecular weight excluding hydrogens is 460 g/mol. The van der Waals surface area contributed by atoms with Gasteiger partial charge in [0.2, 0.25) is 0 Å². The van der Waals surface area contributed by atoms with Crippen LogP contribution in [0.5, 0.6) is 5.75 Å². The van der Waals surface area contributed by atoms with E-state index in [0.717, 1.165) is 29.5 Å². The average Bonchev–Trinajstić information content (AvgIpc) is 2.86. The van der Waals surface area contributed by atoms with Crippen molar-refractivity contribution in [2.75, 3.05) is 19.0 Å². The van der Waals surface area contributed by atoms with Gasteiger partial charge in [-0.25, -0.2) is 0 Å². The molecule has 0 aliphatic carbocycles. The molecule has 0 aliphatic rings. The van der Waals surface area contributed by atoms with Crippen LogP contribution in [0, 0.1) is 23.7 Å².